The van der Waals surface area contributed by atoms with E-state index in [1.807, 2.05) is 34.6 Å². The average Bonchev–Trinajstić information content (AvgIpc) is 3.73. The first kappa shape index (κ1) is 34.8. The summed E-state index contributed by atoms with van der Waals surface area (Å²) in [5.41, 5.74) is -3.66. The van der Waals surface area contributed by atoms with Gasteiger partial charge in [0, 0.05) is 0 Å². The number of hydrogen-bond acceptors (Lipinski definition) is 14. The monoisotopic (exact) mass is 688 g/mol. The van der Waals surface area contributed by atoms with E-state index in [0.717, 1.165) is 0 Å². The van der Waals surface area contributed by atoms with Gasteiger partial charge in [0.1, 0.15) is 53.4 Å². The highest BCUT2D eigenvalue weighted by atomic mass is 31.2. The van der Waals surface area contributed by atoms with E-state index in [2.05, 4.69) is 0 Å². The smallest absolute Gasteiger partial charge is 0.376 e. The van der Waals surface area contributed by atoms with E-state index in [-0.39, 0.29) is 57.5 Å². The fourth-order valence-corrected chi connectivity index (χ4v) is 9.28. The summed E-state index contributed by atoms with van der Waals surface area (Å²) in [4.78, 5) is 21.7. The first-order chi connectivity index (χ1) is 21.0. The zero-order chi connectivity index (χ0) is 32.6. The van der Waals surface area contributed by atoms with Crippen molar-refractivity contribution in [3.63, 3.8) is 0 Å². The molecule has 6 aliphatic rings. The van der Waals surface area contributed by atoms with Crippen LogP contribution in [0.15, 0.2) is 0 Å². The Balaban J connectivity index is 1.10. The summed E-state index contributed by atoms with van der Waals surface area (Å²) >= 11 is 0. The summed E-state index contributed by atoms with van der Waals surface area (Å²) in [7, 11) is -9.51. The molecule has 8 unspecified atom stereocenters. The number of phosphoric acid groups is 2. The Hall–Kier alpha value is -0.100. The second-order valence-corrected chi connectivity index (χ2v) is 16.3. The molecule has 6 rings (SSSR count). The molecular weight excluding hydrogens is 642 g/mol. The van der Waals surface area contributed by atoms with Crippen LogP contribution in [0.4, 0.5) is 0 Å². The summed E-state index contributed by atoms with van der Waals surface area (Å²) in [5.74, 6) is 0. The van der Waals surface area contributed by atoms with Crippen molar-refractivity contribution in [3.8, 4) is 0 Å². The molecule has 6 saturated heterocycles. The second-order valence-electron chi connectivity index (χ2n) is 13.5. The normalized spacial score (nSPS) is 47.8. The van der Waals surface area contributed by atoms with Crippen molar-refractivity contribution in [2.24, 2.45) is 0 Å². The van der Waals surface area contributed by atoms with E-state index >= 15 is 0 Å². The summed E-state index contributed by atoms with van der Waals surface area (Å²) in [6, 6.07) is 0. The van der Waals surface area contributed by atoms with Gasteiger partial charge in [-0.05, 0) is 48.5 Å². The van der Waals surface area contributed by atoms with E-state index in [9.17, 15) is 18.9 Å². The zero-order valence-corrected chi connectivity index (χ0v) is 28.4. The van der Waals surface area contributed by atoms with Gasteiger partial charge in [-0.1, -0.05) is 0 Å². The van der Waals surface area contributed by atoms with Gasteiger partial charge < -0.3 is 47.7 Å². The average molecular weight is 689 g/mol. The van der Waals surface area contributed by atoms with Crippen LogP contribution in [-0.4, -0.2) is 133 Å². The molecule has 6 bridgehead atoms. The van der Waals surface area contributed by atoms with E-state index < -0.39 is 81.8 Å². The molecule has 0 aromatic heterocycles. The molecule has 16 nitrogen and oxygen atoms in total. The predicted octanol–water partition coefficient (Wildman–Crippen LogP) is 1.88. The minimum atomic E-state index is -4.76. The summed E-state index contributed by atoms with van der Waals surface area (Å²) in [6.45, 7) is 12.2. The standard InChI is InChI=1S/C27H46O16P2/c1-14(2)32-8-25-9-34-20(17(6)39-25)23(25)42-45(30,31)37-13-27-11-35-21(18(7)41-27)24(27)43-44(28,29)36-12-26-10-33-19(16(5)40-26)22(26)38-15(3)4/h14-24H,8-13H2,1-7H3,(H,28,29)(H,30,31)/t16-,17-,18-,19?,20?,21?,22+,23+,24+,25?,26?,27?/m0/s1. The van der Waals surface area contributed by atoms with Crippen molar-refractivity contribution in [1.29, 1.82) is 0 Å². The van der Waals surface area contributed by atoms with Gasteiger partial charge >= 0.3 is 15.6 Å². The van der Waals surface area contributed by atoms with E-state index in [4.69, 9.17) is 56.0 Å². The molecule has 2 N–H and O–H groups in total. The highest BCUT2D eigenvalue weighted by molar-refractivity contribution is 7.47. The fourth-order valence-electron chi connectivity index (χ4n) is 7.20. The number of fused-ring (bicyclic) bond motifs is 6. The molecule has 0 saturated carbocycles. The van der Waals surface area contributed by atoms with Crippen LogP contribution in [0.25, 0.3) is 0 Å². The van der Waals surface area contributed by atoms with Crippen LogP contribution in [0.5, 0.6) is 0 Å². The maximum Gasteiger partial charge on any atom is 0.472 e. The van der Waals surface area contributed by atoms with Crippen molar-refractivity contribution in [2.75, 3.05) is 39.6 Å². The molecule has 0 amide bonds. The third-order valence-electron chi connectivity index (χ3n) is 9.18. The Labute approximate surface area is 262 Å². The molecule has 6 aliphatic heterocycles. The maximum absolute atomic E-state index is 13.3. The SMILES string of the molecule is CC(C)OCC12COC([C@H](C)O1)[C@H]2OP(=O)(O)OCC12COC([C@H](C)O1)[C@H]2OP(=O)(O)OCC12COC([C@H](C)O1)[C@H]2OC(C)C. The van der Waals surface area contributed by atoms with E-state index in [1.165, 1.54) is 0 Å². The Morgan fingerprint density at radius 3 is 1.40 bits per heavy atom. The van der Waals surface area contributed by atoms with Crippen LogP contribution in [0, 0.1) is 0 Å². The Kier molecular flexibility index (Phi) is 9.53. The first-order valence-electron chi connectivity index (χ1n) is 15.5. The van der Waals surface area contributed by atoms with Crippen LogP contribution < -0.4 is 0 Å². The molecule has 0 aliphatic carbocycles. The van der Waals surface area contributed by atoms with Gasteiger partial charge in [0.2, 0.25) is 0 Å². The molecule has 260 valence electrons. The molecular formula is C27H46O16P2. The van der Waals surface area contributed by atoms with Crippen LogP contribution in [0.3, 0.4) is 0 Å². The molecule has 18 heteroatoms. The van der Waals surface area contributed by atoms with E-state index in [0.29, 0.717) is 0 Å². The molecule has 0 spiro atoms. The van der Waals surface area contributed by atoms with Crippen LogP contribution >= 0.6 is 15.6 Å². The Morgan fingerprint density at radius 1 is 0.644 bits per heavy atom. The van der Waals surface area contributed by atoms with Gasteiger partial charge in [-0.15, -0.1) is 0 Å². The molecule has 0 aromatic carbocycles. The van der Waals surface area contributed by atoms with Crippen molar-refractivity contribution in [1.82, 2.24) is 0 Å². The largest absolute Gasteiger partial charge is 0.472 e. The first-order valence-corrected chi connectivity index (χ1v) is 18.5. The third kappa shape index (κ3) is 6.50. The van der Waals surface area contributed by atoms with Gasteiger partial charge in [-0.25, -0.2) is 9.13 Å². The molecule has 6 heterocycles. The van der Waals surface area contributed by atoms with Crippen molar-refractivity contribution < 1.29 is 74.9 Å². The van der Waals surface area contributed by atoms with Gasteiger partial charge in [0.05, 0.1) is 70.2 Å². The van der Waals surface area contributed by atoms with Crippen LogP contribution in [-0.2, 0) is 65.1 Å². The Morgan fingerprint density at radius 2 is 1.02 bits per heavy atom. The number of hydrogen-bond donors (Lipinski definition) is 2. The van der Waals surface area contributed by atoms with Crippen LogP contribution in [0.2, 0.25) is 0 Å². The zero-order valence-electron chi connectivity index (χ0n) is 26.6. The van der Waals surface area contributed by atoms with Gasteiger partial charge in [-0.2, -0.15) is 0 Å². The molecule has 14 atom stereocenters. The van der Waals surface area contributed by atoms with Crippen molar-refractivity contribution >= 4 is 15.6 Å². The molecule has 0 radical (unpaired) electrons. The molecule has 45 heavy (non-hydrogen) atoms. The maximum atomic E-state index is 13.3. The molecule has 0 aromatic rings. The van der Waals surface area contributed by atoms with Crippen molar-refractivity contribution in [3.05, 3.63) is 0 Å². The molecule has 6 fully saturated rings. The van der Waals surface area contributed by atoms with Gasteiger partial charge in [-0.3, -0.25) is 18.1 Å². The topological polar surface area (TPSA) is 185 Å². The lowest BCUT2D eigenvalue weighted by Crippen LogP contribution is -2.48. The van der Waals surface area contributed by atoms with E-state index in [1.54, 1.807) is 13.8 Å². The highest BCUT2D eigenvalue weighted by Crippen LogP contribution is 2.57. The Bertz CT molecular complexity index is 1190. The minimum absolute atomic E-state index is 0.0975. The number of phosphoric ester groups is 2. The minimum Gasteiger partial charge on any atom is -0.376 e. The highest BCUT2D eigenvalue weighted by Gasteiger charge is 2.66. The second kappa shape index (κ2) is 12.3. The number of ether oxygens (including phenoxy) is 8. The predicted molar refractivity (Wildman–Crippen MR) is 151 cm³/mol. The third-order valence-corrected chi connectivity index (χ3v) is 11.1. The summed E-state index contributed by atoms with van der Waals surface area (Å²) in [6.07, 6.45) is -5.82. The van der Waals surface area contributed by atoms with Gasteiger partial charge in [0.15, 0.2) is 0 Å². The lowest BCUT2D eigenvalue weighted by molar-refractivity contribution is -0.169. The summed E-state index contributed by atoms with van der Waals surface area (Å²) in [5, 5.41) is 0. The van der Waals surface area contributed by atoms with Crippen molar-refractivity contribution in [2.45, 2.75) is 132 Å². The fraction of sp³-hybridized carbons (Fsp3) is 1.00. The quantitative estimate of drug-likeness (QED) is 0.237. The lowest BCUT2D eigenvalue weighted by atomic mass is 9.99. The lowest BCUT2D eigenvalue weighted by Gasteiger charge is -2.33. The van der Waals surface area contributed by atoms with Gasteiger partial charge in [0.25, 0.3) is 0 Å². The summed E-state index contributed by atoms with van der Waals surface area (Å²) < 4.78 is 96.2. The number of rotatable bonds is 15. The van der Waals surface area contributed by atoms with Crippen LogP contribution in [0.1, 0.15) is 48.5 Å².